The van der Waals surface area contributed by atoms with Crippen molar-refractivity contribution in [3.63, 3.8) is 0 Å². The average Bonchev–Trinajstić information content (AvgIpc) is 2.75. The minimum Gasteiger partial charge on any atom is -0.338 e. The smallest absolute Gasteiger partial charge is 0.274 e. The number of aromatic nitrogens is 2. The van der Waals surface area contributed by atoms with Gasteiger partial charge in [-0.2, -0.15) is 0 Å². The van der Waals surface area contributed by atoms with Crippen molar-refractivity contribution in [2.45, 2.75) is 13.5 Å². The molecule has 1 N–H and O–H groups in total. The number of piperazine rings is 1. The van der Waals surface area contributed by atoms with Gasteiger partial charge in [0.15, 0.2) is 0 Å². The molecule has 4 rings (SSSR count). The van der Waals surface area contributed by atoms with Crippen LogP contribution in [0.4, 0.5) is 11.6 Å². The van der Waals surface area contributed by atoms with Gasteiger partial charge < -0.3 is 10.2 Å². The SMILES string of the molecule is Cc1cc(C(=O)Nc2ccccc2)nc(N2CCN(Cc3ccccc3)CC2)n1. The molecule has 0 radical (unpaired) electrons. The zero-order valence-electron chi connectivity index (χ0n) is 16.6. The summed E-state index contributed by atoms with van der Waals surface area (Å²) in [4.78, 5) is 26.3. The number of hydrogen-bond donors (Lipinski definition) is 1. The molecule has 0 bridgehead atoms. The van der Waals surface area contributed by atoms with E-state index in [4.69, 9.17) is 0 Å². The van der Waals surface area contributed by atoms with Crippen LogP contribution >= 0.6 is 0 Å². The molecule has 1 aromatic heterocycles. The van der Waals surface area contributed by atoms with E-state index < -0.39 is 0 Å². The van der Waals surface area contributed by atoms with Crippen molar-refractivity contribution in [3.8, 4) is 0 Å². The predicted molar refractivity (Wildman–Crippen MR) is 115 cm³/mol. The Morgan fingerprint density at radius 3 is 2.28 bits per heavy atom. The van der Waals surface area contributed by atoms with E-state index in [1.165, 1.54) is 5.56 Å². The van der Waals surface area contributed by atoms with Crippen molar-refractivity contribution >= 4 is 17.5 Å². The van der Waals surface area contributed by atoms with Gasteiger partial charge in [0.25, 0.3) is 5.91 Å². The Kier molecular flexibility index (Phi) is 5.81. The van der Waals surface area contributed by atoms with Gasteiger partial charge in [-0.15, -0.1) is 0 Å². The highest BCUT2D eigenvalue weighted by Gasteiger charge is 2.21. The number of carbonyl (C=O) groups excluding carboxylic acids is 1. The fraction of sp³-hybridized carbons (Fsp3) is 0.261. The maximum Gasteiger partial charge on any atom is 0.274 e. The Bertz CT molecular complexity index is 954. The van der Waals surface area contributed by atoms with Crippen molar-refractivity contribution in [1.82, 2.24) is 14.9 Å². The average molecular weight is 387 g/mol. The first-order chi connectivity index (χ1) is 14.2. The normalized spacial score (nSPS) is 14.6. The number of para-hydroxylation sites is 1. The van der Waals surface area contributed by atoms with Gasteiger partial charge >= 0.3 is 0 Å². The van der Waals surface area contributed by atoms with E-state index in [1.54, 1.807) is 6.07 Å². The summed E-state index contributed by atoms with van der Waals surface area (Å²) in [5, 5.41) is 2.89. The van der Waals surface area contributed by atoms with E-state index in [-0.39, 0.29) is 5.91 Å². The molecule has 3 aromatic rings. The summed E-state index contributed by atoms with van der Waals surface area (Å²) >= 11 is 0. The lowest BCUT2D eigenvalue weighted by Gasteiger charge is -2.34. The van der Waals surface area contributed by atoms with Crippen molar-refractivity contribution in [2.24, 2.45) is 0 Å². The van der Waals surface area contributed by atoms with Gasteiger partial charge in [0.1, 0.15) is 5.69 Å². The van der Waals surface area contributed by atoms with Gasteiger partial charge in [-0.1, -0.05) is 48.5 Å². The van der Waals surface area contributed by atoms with Crippen molar-refractivity contribution in [3.05, 3.63) is 83.7 Å². The van der Waals surface area contributed by atoms with Crippen LogP contribution in [-0.2, 0) is 6.54 Å². The number of nitrogens with one attached hydrogen (secondary N) is 1. The molecule has 29 heavy (non-hydrogen) atoms. The van der Waals surface area contributed by atoms with Crippen LogP contribution in [0.15, 0.2) is 66.7 Å². The summed E-state index contributed by atoms with van der Waals surface area (Å²) < 4.78 is 0. The molecule has 0 saturated carbocycles. The van der Waals surface area contributed by atoms with Crippen LogP contribution in [0.2, 0.25) is 0 Å². The lowest BCUT2D eigenvalue weighted by Crippen LogP contribution is -2.46. The Morgan fingerprint density at radius 1 is 0.931 bits per heavy atom. The molecule has 1 fully saturated rings. The summed E-state index contributed by atoms with van der Waals surface area (Å²) in [6.45, 7) is 6.42. The molecule has 0 atom stereocenters. The van der Waals surface area contributed by atoms with Crippen LogP contribution in [-0.4, -0.2) is 47.0 Å². The molecule has 6 heteroatoms. The van der Waals surface area contributed by atoms with E-state index in [0.29, 0.717) is 11.6 Å². The molecule has 0 spiro atoms. The number of anilines is 2. The van der Waals surface area contributed by atoms with Crippen LogP contribution in [0.5, 0.6) is 0 Å². The van der Waals surface area contributed by atoms with Crippen molar-refractivity contribution in [2.75, 3.05) is 36.4 Å². The van der Waals surface area contributed by atoms with Gasteiger partial charge in [-0.3, -0.25) is 9.69 Å². The molecule has 6 nitrogen and oxygen atoms in total. The summed E-state index contributed by atoms with van der Waals surface area (Å²) in [6.07, 6.45) is 0. The van der Waals surface area contributed by atoms with Crippen molar-refractivity contribution in [1.29, 1.82) is 0 Å². The quantitative estimate of drug-likeness (QED) is 0.727. The van der Waals surface area contributed by atoms with Crippen LogP contribution in [0, 0.1) is 6.92 Å². The molecule has 1 aliphatic rings. The molecule has 1 amide bonds. The molecule has 148 valence electrons. The molecule has 0 aliphatic carbocycles. The highest BCUT2D eigenvalue weighted by atomic mass is 16.1. The Labute approximate surface area is 171 Å². The molecular weight excluding hydrogens is 362 g/mol. The Hall–Kier alpha value is -3.25. The van der Waals surface area contributed by atoms with Crippen LogP contribution < -0.4 is 10.2 Å². The number of benzene rings is 2. The van der Waals surface area contributed by atoms with E-state index in [9.17, 15) is 4.79 Å². The van der Waals surface area contributed by atoms with E-state index in [2.05, 4.69) is 49.4 Å². The predicted octanol–water partition coefficient (Wildman–Crippen LogP) is 3.36. The van der Waals surface area contributed by atoms with Gasteiger partial charge in [0, 0.05) is 44.1 Å². The van der Waals surface area contributed by atoms with Gasteiger partial charge in [0.2, 0.25) is 5.95 Å². The number of carbonyl (C=O) groups is 1. The summed E-state index contributed by atoms with van der Waals surface area (Å²) in [6, 6.07) is 21.7. The second kappa shape index (κ2) is 8.84. The fourth-order valence-corrected chi connectivity index (χ4v) is 3.47. The molecule has 2 aromatic carbocycles. The standard InChI is InChI=1S/C23H25N5O/c1-18-16-21(22(29)25-20-10-6-3-7-11-20)26-23(24-18)28-14-12-27(13-15-28)17-19-8-4-2-5-9-19/h2-11,16H,12-15,17H2,1H3,(H,25,29). The summed E-state index contributed by atoms with van der Waals surface area (Å²) in [5.41, 5.74) is 3.26. The van der Waals surface area contributed by atoms with E-state index in [0.717, 1.165) is 44.1 Å². The third-order valence-corrected chi connectivity index (χ3v) is 5.01. The fourth-order valence-electron chi connectivity index (χ4n) is 3.47. The summed E-state index contributed by atoms with van der Waals surface area (Å²) in [7, 11) is 0. The minimum atomic E-state index is -0.217. The molecular formula is C23H25N5O. The highest BCUT2D eigenvalue weighted by molar-refractivity contribution is 6.03. The maximum atomic E-state index is 12.6. The number of amides is 1. The zero-order valence-corrected chi connectivity index (χ0v) is 16.6. The molecule has 1 saturated heterocycles. The lowest BCUT2D eigenvalue weighted by atomic mass is 10.2. The lowest BCUT2D eigenvalue weighted by molar-refractivity contribution is 0.102. The Morgan fingerprint density at radius 2 is 1.59 bits per heavy atom. The van der Waals surface area contributed by atoms with E-state index in [1.807, 2.05) is 43.3 Å². The van der Waals surface area contributed by atoms with Crippen LogP contribution in [0.25, 0.3) is 0 Å². The monoisotopic (exact) mass is 387 g/mol. The second-order valence-corrected chi connectivity index (χ2v) is 7.26. The summed E-state index contributed by atoms with van der Waals surface area (Å²) in [5.74, 6) is 0.410. The van der Waals surface area contributed by atoms with Gasteiger partial charge in [-0.25, -0.2) is 9.97 Å². The second-order valence-electron chi connectivity index (χ2n) is 7.26. The third-order valence-electron chi connectivity index (χ3n) is 5.01. The molecule has 2 heterocycles. The first-order valence-corrected chi connectivity index (χ1v) is 9.91. The van der Waals surface area contributed by atoms with Gasteiger partial charge in [0.05, 0.1) is 0 Å². The van der Waals surface area contributed by atoms with Crippen LogP contribution in [0.1, 0.15) is 21.7 Å². The highest BCUT2D eigenvalue weighted by Crippen LogP contribution is 2.16. The topological polar surface area (TPSA) is 61.4 Å². The zero-order chi connectivity index (χ0) is 20.1. The largest absolute Gasteiger partial charge is 0.338 e. The number of nitrogens with zero attached hydrogens (tertiary/aromatic N) is 4. The third kappa shape index (κ3) is 4.97. The number of aryl methyl sites for hydroxylation is 1. The minimum absolute atomic E-state index is 0.217. The molecule has 1 aliphatic heterocycles. The number of rotatable bonds is 5. The molecule has 0 unspecified atom stereocenters. The van der Waals surface area contributed by atoms with Crippen molar-refractivity contribution < 1.29 is 4.79 Å². The first-order valence-electron chi connectivity index (χ1n) is 9.91. The van der Waals surface area contributed by atoms with Gasteiger partial charge in [-0.05, 0) is 30.7 Å². The Balaban J connectivity index is 1.41. The first kappa shape index (κ1) is 19.1. The number of hydrogen-bond acceptors (Lipinski definition) is 5. The van der Waals surface area contributed by atoms with E-state index >= 15 is 0 Å². The van der Waals surface area contributed by atoms with Crippen LogP contribution in [0.3, 0.4) is 0 Å². The maximum absolute atomic E-state index is 12.6.